The van der Waals surface area contributed by atoms with E-state index in [1.807, 2.05) is 6.07 Å². The van der Waals surface area contributed by atoms with Crippen molar-refractivity contribution in [3.63, 3.8) is 0 Å². The third kappa shape index (κ3) is 4.63. The first-order valence-corrected chi connectivity index (χ1v) is 10.9. The van der Waals surface area contributed by atoms with Crippen LogP contribution in [0, 0.1) is 0 Å². The highest BCUT2D eigenvalue weighted by Crippen LogP contribution is 2.29. The Morgan fingerprint density at radius 1 is 1.20 bits per heavy atom. The van der Waals surface area contributed by atoms with E-state index in [1.165, 1.54) is 33.3 Å². The molecule has 1 saturated heterocycles. The number of nitrogens with one attached hydrogen (secondary N) is 1. The predicted octanol–water partition coefficient (Wildman–Crippen LogP) is 2.32. The van der Waals surface area contributed by atoms with Gasteiger partial charge in [0.15, 0.2) is 0 Å². The van der Waals surface area contributed by atoms with Crippen LogP contribution >= 0.6 is 0 Å². The second-order valence-corrected chi connectivity index (χ2v) is 9.35. The van der Waals surface area contributed by atoms with Crippen LogP contribution in [-0.4, -0.2) is 57.2 Å². The van der Waals surface area contributed by atoms with Gasteiger partial charge in [0.25, 0.3) is 5.91 Å². The molecule has 3 rings (SSSR count). The number of sulfonamides is 1. The molecular weight excluding hydrogens is 406 g/mol. The monoisotopic (exact) mass is 431 g/mol. The van der Waals surface area contributed by atoms with E-state index in [9.17, 15) is 18.0 Å². The van der Waals surface area contributed by atoms with Gasteiger partial charge in [0.1, 0.15) is 10.6 Å². The molecule has 1 aliphatic heterocycles. The summed E-state index contributed by atoms with van der Waals surface area (Å²) in [5.41, 5.74) is 1.62. The Morgan fingerprint density at radius 3 is 2.60 bits per heavy atom. The third-order valence-corrected chi connectivity index (χ3v) is 6.75. The maximum absolute atomic E-state index is 12.7. The van der Waals surface area contributed by atoms with Crippen LogP contribution in [0.2, 0.25) is 0 Å². The van der Waals surface area contributed by atoms with Crippen molar-refractivity contribution in [1.29, 1.82) is 0 Å². The standard InChI is InChI=1S/C21H25N3O5S/c1-23(2)30(27,28)19-13-17(9-10-18(19)29-3)22-21(26)16-7-4-6-15(12-16)14-24-11-5-8-20(24)25/h4,6-7,9-10,12-13H,5,8,11,14H2,1-3H3,(H,22,26). The highest BCUT2D eigenvalue weighted by atomic mass is 32.2. The minimum absolute atomic E-state index is 0.0332. The lowest BCUT2D eigenvalue weighted by Crippen LogP contribution is -2.24. The van der Waals surface area contributed by atoms with Gasteiger partial charge in [0.05, 0.1) is 7.11 Å². The van der Waals surface area contributed by atoms with Crippen molar-refractivity contribution < 1.29 is 22.7 Å². The molecular formula is C21H25N3O5S. The Morgan fingerprint density at radius 2 is 1.97 bits per heavy atom. The normalized spacial score (nSPS) is 14.3. The number of hydrogen-bond donors (Lipinski definition) is 1. The van der Waals surface area contributed by atoms with Gasteiger partial charge in [-0.05, 0) is 42.3 Å². The van der Waals surface area contributed by atoms with Gasteiger partial charge in [-0.3, -0.25) is 9.59 Å². The number of benzene rings is 2. The number of ether oxygens (including phenoxy) is 1. The molecule has 1 heterocycles. The van der Waals surface area contributed by atoms with Crippen LogP contribution in [0.3, 0.4) is 0 Å². The average Bonchev–Trinajstić information content (AvgIpc) is 3.12. The molecule has 2 amide bonds. The highest BCUT2D eigenvalue weighted by molar-refractivity contribution is 7.89. The van der Waals surface area contributed by atoms with Crippen molar-refractivity contribution in [2.75, 3.05) is 33.1 Å². The number of methoxy groups -OCH3 is 1. The topological polar surface area (TPSA) is 96.0 Å². The highest BCUT2D eigenvalue weighted by Gasteiger charge is 2.23. The zero-order valence-electron chi connectivity index (χ0n) is 17.2. The Hall–Kier alpha value is -2.91. The van der Waals surface area contributed by atoms with Crippen molar-refractivity contribution >= 4 is 27.5 Å². The fourth-order valence-electron chi connectivity index (χ4n) is 3.26. The quantitative estimate of drug-likeness (QED) is 0.726. The van der Waals surface area contributed by atoms with Crippen LogP contribution in [0.1, 0.15) is 28.8 Å². The summed E-state index contributed by atoms with van der Waals surface area (Å²) in [6.45, 7) is 1.19. The summed E-state index contributed by atoms with van der Waals surface area (Å²) in [6, 6.07) is 11.5. The molecule has 30 heavy (non-hydrogen) atoms. The SMILES string of the molecule is COc1ccc(NC(=O)c2cccc(CN3CCCC3=O)c2)cc1S(=O)(=O)N(C)C. The molecule has 1 N–H and O–H groups in total. The van der Waals surface area contributed by atoms with Gasteiger partial charge in [-0.1, -0.05) is 12.1 Å². The zero-order chi connectivity index (χ0) is 21.9. The smallest absolute Gasteiger partial charge is 0.255 e. The Balaban J connectivity index is 1.81. The molecule has 160 valence electrons. The molecule has 9 heteroatoms. The van der Waals surface area contributed by atoms with Crippen molar-refractivity contribution in [1.82, 2.24) is 9.21 Å². The number of hydrogen-bond acceptors (Lipinski definition) is 5. The number of rotatable bonds is 7. The minimum atomic E-state index is -3.75. The van der Waals surface area contributed by atoms with Crippen molar-refractivity contribution in [2.24, 2.45) is 0 Å². The molecule has 1 aliphatic rings. The average molecular weight is 432 g/mol. The second-order valence-electron chi connectivity index (χ2n) is 7.23. The van der Waals surface area contributed by atoms with E-state index < -0.39 is 10.0 Å². The third-order valence-electron chi connectivity index (χ3n) is 4.91. The molecule has 0 spiro atoms. The molecule has 0 aliphatic carbocycles. The van der Waals surface area contributed by atoms with Crippen LogP contribution in [0.25, 0.3) is 0 Å². The molecule has 2 aromatic carbocycles. The maximum atomic E-state index is 12.7. The number of carbonyl (C=O) groups is 2. The summed E-state index contributed by atoms with van der Waals surface area (Å²) in [6.07, 6.45) is 1.42. The van der Waals surface area contributed by atoms with E-state index in [0.29, 0.717) is 24.2 Å². The van der Waals surface area contributed by atoms with Crippen LogP contribution < -0.4 is 10.1 Å². The van der Waals surface area contributed by atoms with E-state index in [0.717, 1.165) is 22.8 Å². The maximum Gasteiger partial charge on any atom is 0.255 e. The van der Waals surface area contributed by atoms with E-state index in [1.54, 1.807) is 29.2 Å². The van der Waals surface area contributed by atoms with Gasteiger partial charge in [-0.25, -0.2) is 12.7 Å². The number of amides is 2. The molecule has 0 bridgehead atoms. The van der Waals surface area contributed by atoms with Gasteiger partial charge in [-0.15, -0.1) is 0 Å². The number of nitrogens with zero attached hydrogens (tertiary/aromatic N) is 2. The van der Waals surface area contributed by atoms with Gasteiger partial charge >= 0.3 is 0 Å². The predicted molar refractivity (Wildman–Crippen MR) is 113 cm³/mol. The van der Waals surface area contributed by atoms with Crippen molar-refractivity contribution in [2.45, 2.75) is 24.3 Å². The molecule has 0 unspecified atom stereocenters. The number of anilines is 1. The Labute approximate surface area is 176 Å². The van der Waals surface area contributed by atoms with Gasteiger partial charge < -0.3 is 15.0 Å². The fourth-order valence-corrected chi connectivity index (χ4v) is 4.33. The van der Waals surface area contributed by atoms with E-state index in [4.69, 9.17) is 4.74 Å². The van der Waals surface area contributed by atoms with Crippen LogP contribution in [0.5, 0.6) is 5.75 Å². The summed E-state index contributed by atoms with van der Waals surface area (Å²) in [5.74, 6) is -0.0559. The second kappa shape index (κ2) is 8.85. The summed E-state index contributed by atoms with van der Waals surface area (Å²) in [4.78, 5) is 26.3. The Bertz CT molecular complexity index is 1070. The lowest BCUT2D eigenvalue weighted by molar-refractivity contribution is -0.128. The first kappa shape index (κ1) is 21.8. The summed E-state index contributed by atoms with van der Waals surface area (Å²) < 4.78 is 31.4. The number of likely N-dealkylation sites (tertiary alicyclic amines) is 1. The molecule has 1 fully saturated rings. The van der Waals surface area contributed by atoms with Crippen LogP contribution in [0.15, 0.2) is 47.4 Å². The van der Waals surface area contributed by atoms with E-state index in [-0.39, 0.29) is 22.5 Å². The lowest BCUT2D eigenvalue weighted by Gasteiger charge is -2.17. The van der Waals surface area contributed by atoms with Gasteiger partial charge in [0.2, 0.25) is 15.9 Å². The largest absolute Gasteiger partial charge is 0.495 e. The van der Waals surface area contributed by atoms with Gasteiger partial charge in [0, 0.05) is 44.9 Å². The van der Waals surface area contributed by atoms with E-state index in [2.05, 4.69) is 5.32 Å². The minimum Gasteiger partial charge on any atom is -0.495 e. The van der Waals surface area contributed by atoms with E-state index >= 15 is 0 Å². The molecule has 0 aromatic heterocycles. The molecule has 2 aromatic rings. The van der Waals surface area contributed by atoms with Crippen molar-refractivity contribution in [3.8, 4) is 5.75 Å². The molecule has 0 radical (unpaired) electrons. The van der Waals surface area contributed by atoms with Crippen LogP contribution in [-0.2, 0) is 21.4 Å². The molecule has 8 nitrogen and oxygen atoms in total. The number of carbonyl (C=O) groups excluding carboxylic acids is 2. The summed E-state index contributed by atoms with van der Waals surface area (Å²) in [7, 11) is 0.494. The summed E-state index contributed by atoms with van der Waals surface area (Å²) >= 11 is 0. The first-order valence-electron chi connectivity index (χ1n) is 9.51. The van der Waals surface area contributed by atoms with Gasteiger partial charge in [-0.2, -0.15) is 0 Å². The first-order chi connectivity index (χ1) is 14.2. The molecule has 0 atom stereocenters. The van der Waals surface area contributed by atoms with Crippen LogP contribution in [0.4, 0.5) is 5.69 Å². The summed E-state index contributed by atoms with van der Waals surface area (Å²) in [5, 5.41) is 2.73. The Kier molecular flexibility index (Phi) is 6.42. The zero-order valence-corrected chi connectivity index (χ0v) is 18.0. The fraction of sp³-hybridized carbons (Fsp3) is 0.333. The molecule has 0 saturated carbocycles. The van der Waals surface area contributed by atoms with Crippen molar-refractivity contribution in [3.05, 3.63) is 53.6 Å². The lowest BCUT2D eigenvalue weighted by atomic mass is 10.1.